The number of rotatable bonds is 4. The van der Waals surface area contributed by atoms with Crippen molar-refractivity contribution in [2.45, 2.75) is 71.4 Å². The number of carbonyl (C=O) groups is 2. The van der Waals surface area contributed by atoms with Gasteiger partial charge in [0, 0.05) is 12.0 Å². The third-order valence-electron chi connectivity index (χ3n) is 5.51. The van der Waals surface area contributed by atoms with Gasteiger partial charge in [-0.15, -0.1) is 0 Å². The molecule has 20 heavy (non-hydrogen) atoms. The Morgan fingerprint density at radius 2 is 1.90 bits per heavy atom. The summed E-state index contributed by atoms with van der Waals surface area (Å²) in [5, 5.41) is 9.46. The van der Waals surface area contributed by atoms with Gasteiger partial charge in [-0.3, -0.25) is 4.79 Å². The van der Waals surface area contributed by atoms with E-state index in [4.69, 9.17) is 0 Å². The van der Waals surface area contributed by atoms with Crippen molar-refractivity contribution in [1.82, 2.24) is 4.90 Å². The second kappa shape index (κ2) is 6.15. The fraction of sp³-hybridized carbons (Fsp3) is 0.875. The second-order valence-electron chi connectivity index (χ2n) is 6.62. The minimum absolute atomic E-state index is 0.0566. The third-order valence-corrected chi connectivity index (χ3v) is 5.51. The van der Waals surface area contributed by atoms with Gasteiger partial charge in [0.2, 0.25) is 5.91 Å². The molecule has 1 saturated carbocycles. The first kappa shape index (κ1) is 15.3. The second-order valence-corrected chi connectivity index (χ2v) is 6.62. The summed E-state index contributed by atoms with van der Waals surface area (Å²) in [6.45, 7) is 6.11. The number of carboxylic acid groups (broad SMARTS) is 1. The van der Waals surface area contributed by atoms with Crippen LogP contribution in [-0.4, -0.2) is 34.0 Å². The predicted octanol–water partition coefficient (Wildman–Crippen LogP) is 2.91. The summed E-state index contributed by atoms with van der Waals surface area (Å²) in [5.74, 6) is -0.148. The van der Waals surface area contributed by atoms with E-state index in [2.05, 4.69) is 13.8 Å². The van der Waals surface area contributed by atoms with Crippen LogP contribution in [0.25, 0.3) is 0 Å². The Morgan fingerprint density at radius 3 is 2.50 bits per heavy atom. The molecule has 1 aliphatic heterocycles. The molecule has 4 heteroatoms. The van der Waals surface area contributed by atoms with Crippen molar-refractivity contribution >= 4 is 11.9 Å². The molecule has 2 aliphatic rings. The van der Waals surface area contributed by atoms with Gasteiger partial charge in [-0.2, -0.15) is 0 Å². The average molecular weight is 281 g/mol. The molecule has 1 heterocycles. The number of hydrogen-bond donors (Lipinski definition) is 1. The van der Waals surface area contributed by atoms with E-state index in [0.29, 0.717) is 18.3 Å². The van der Waals surface area contributed by atoms with E-state index in [0.717, 1.165) is 25.7 Å². The summed E-state index contributed by atoms with van der Waals surface area (Å²) in [6, 6.07) is -0.425. The van der Waals surface area contributed by atoms with E-state index >= 15 is 0 Å². The Morgan fingerprint density at radius 1 is 1.25 bits per heavy atom. The minimum atomic E-state index is -0.830. The minimum Gasteiger partial charge on any atom is -0.480 e. The van der Waals surface area contributed by atoms with Crippen molar-refractivity contribution < 1.29 is 14.7 Å². The van der Waals surface area contributed by atoms with Crippen LogP contribution in [0.15, 0.2) is 0 Å². The molecule has 2 fully saturated rings. The van der Waals surface area contributed by atoms with Crippen LogP contribution in [0.1, 0.15) is 59.3 Å². The normalized spacial score (nSPS) is 32.5. The Balaban J connectivity index is 2.20. The summed E-state index contributed by atoms with van der Waals surface area (Å²) in [5.41, 5.74) is 0. The topological polar surface area (TPSA) is 57.6 Å². The highest BCUT2D eigenvalue weighted by atomic mass is 16.4. The molecule has 1 aliphatic carbocycles. The fourth-order valence-electron chi connectivity index (χ4n) is 3.83. The van der Waals surface area contributed by atoms with Gasteiger partial charge in [0.25, 0.3) is 0 Å². The molecule has 5 unspecified atom stereocenters. The van der Waals surface area contributed by atoms with Crippen LogP contribution in [0.2, 0.25) is 0 Å². The number of aliphatic carboxylic acids is 1. The smallest absolute Gasteiger partial charge is 0.326 e. The van der Waals surface area contributed by atoms with E-state index in [1.807, 2.05) is 6.92 Å². The number of nitrogens with zero attached hydrogens (tertiary/aromatic N) is 1. The number of amides is 1. The first-order valence-electron chi connectivity index (χ1n) is 8.02. The summed E-state index contributed by atoms with van der Waals surface area (Å²) >= 11 is 0. The van der Waals surface area contributed by atoms with Crippen molar-refractivity contribution in [1.29, 1.82) is 0 Å². The molecule has 5 atom stereocenters. The lowest BCUT2D eigenvalue weighted by molar-refractivity contribution is -0.152. The van der Waals surface area contributed by atoms with Crippen molar-refractivity contribution in [2.24, 2.45) is 17.8 Å². The van der Waals surface area contributed by atoms with Gasteiger partial charge in [-0.05, 0) is 31.1 Å². The van der Waals surface area contributed by atoms with Gasteiger partial charge < -0.3 is 10.0 Å². The van der Waals surface area contributed by atoms with Gasteiger partial charge >= 0.3 is 5.97 Å². The van der Waals surface area contributed by atoms with E-state index in [1.54, 1.807) is 4.90 Å². The van der Waals surface area contributed by atoms with Crippen molar-refractivity contribution in [3.63, 3.8) is 0 Å². The van der Waals surface area contributed by atoms with E-state index in [9.17, 15) is 14.7 Å². The maximum Gasteiger partial charge on any atom is 0.326 e. The molecule has 0 spiro atoms. The quantitative estimate of drug-likeness (QED) is 0.862. The number of hydrogen-bond acceptors (Lipinski definition) is 2. The summed E-state index contributed by atoms with van der Waals surface area (Å²) in [6.07, 6.45) is 5.96. The van der Waals surface area contributed by atoms with Crippen molar-refractivity contribution in [2.75, 3.05) is 0 Å². The Kier molecular flexibility index (Phi) is 4.71. The Hall–Kier alpha value is -1.06. The molecular formula is C16H27NO3. The summed E-state index contributed by atoms with van der Waals surface area (Å²) in [7, 11) is 0. The van der Waals surface area contributed by atoms with Crippen LogP contribution in [-0.2, 0) is 9.59 Å². The van der Waals surface area contributed by atoms with E-state index < -0.39 is 12.0 Å². The zero-order valence-corrected chi connectivity index (χ0v) is 12.8. The largest absolute Gasteiger partial charge is 0.480 e. The van der Waals surface area contributed by atoms with E-state index in [1.165, 1.54) is 6.42 Å². The van der Waals surface area contributed by atoms with Gasteiger partial charge in [0.1, 0.15) is 6.04 Å². The highest BCUT2D eigenvalue weighted by Gasteiger charge is 2.48. The fourth-order valence-corrected chi connectivity index (χ4v) is 3.83. The molecule has 1 N–H and O–H groups in total. The molecule has 0 radical (unpaired) electrons. The maximum atomic E-state index is 12.8. The monoisotopic (exact) mass is 281 g/mol. The van der Waals surface area contributed by atoms with Crippen LogP contribution in [0.3, 0.4) is 0 Å². The van der Waals surface area contributed by atoms with Crippen LogP contribution >= 0.6 is 0 Å². The standard InChI is InChI=1S/C16H27NO3/c1-4-10(2)11(3)15(18)17-13-8-6-5-7-12(13)9-14(17)16(19)20/h10-14H,4-9H2,1-3H3,(H,19,20). The Labute approximate surface area is 121 Å². The van der Waals surface area contributed by atoms with E-state index in [-0.39, 0.29) is 17.9 Å². The molecule has 2 rings (SSSR count). The van der Waals surface area contributed by atoms with Crippen molar-refractivity contribution in [3.05, 3.63) is 0 Å². The predicted molar refractivity (Wildman–Crippen MR) is 77.3 cm³/mol. The highest BCUT2D eigenvalue weighted by molar-refractivity contribution is 5.86. The van der Waals surface area contributed by atoms with Crippen LogP contribution in [0, 0.1) is 17.8 Å². The SMILES string of the molecule is CCC(C)C(C)C(=O)N1C(C(=O)O)CC2CCCCC21. The van der Waals surface area contributed by atoms with Gasteiger partial charge in [-0.1, -0.05) is 40.0 Å². The van der Waals surface area contributed by atoms with Crippen LogP contribution in [0.5, 0.6) is 0 Å². The third kappa shape index (κ3) is 2.70. The molecule has 114 valence electrons. The number of carbonyl (C=O) groups excluding carboxylic acids is 1. The lowest BCUT2D eigenvalue weighted by Gasteiger charge is -2.35. The van der Waals surface area contributed by atoms with Crippen molar-refractivity contribution in [3.8, 4) is 0 Å². The lowest BCUT2D eigenvalue weighted by Crippen LogP contribution is -2.49. The zero-order valence-electron chi connectivity index (χ0n) is 12.8. The lowest BCUT2D eigenvalue weighted by atomic mass is 9.84. The molecule has 1 saturated heterocycles. The summed E-state index contributed by atoms with van der Waals surface area (Å²) < 4.78 is 0. The molecule has 0 bridgehead atoms. The first-order chi connectivity index (χ1) is 9.47. The number of likely N-dealkylation sites (tertiary alicyclic amines) is 1. The first-order valence-corrected chi connectivity index (χ1v) is 8.02. The maximum absolute atomic E-state index is 12.8. The molecule has 0 aromatic rings. The average Bonchev–Trinajstić information content (AvgIpc) is 2.84. The number of carboxylic acids is 1. The zero-order chi connectivity index (χ0) is 14.9. The molecule has 0 aromatic carbocycles. The van der Waals surface area contributed by atoms with Crippen LogP contribution < -0.4 is 0 Å². The van der Waals surface area contributed by atoms with Gasteiger partial charge in [0.15, 0.2) is 0 Å². The molecule has 1 amide bonds. The van der Waals surface area contributed by atoms with Crippen LogP contribution in [0.4, 0.5) is 0 Å². The molecule has 0 aromatic heterocycles. The Bertz CT molecular complexity index is 382. The molecule has 4 nitrogen and oxygen atoms in total. The van der Waals surface area contributed by atoms with Gasteiger partial charge in [-0.25, -0.2) is 4.79 Å². The number of fused-ring (bicyclic) bond motifs is 1. The summed E-state index contributed by atoms with van der Waals surface area (Å²) in [4.78, 5) is 26.0. The van der Waals surface area contributed by atoms with Gasteiger partial charge in [0.05, 0.1) is 0 Å². The highest BCUT2D eigenvalue weighted by Crippen LogP contribution is 2.41. The molecular weight excluding hydrogens is 254 g/mol.